The van der Waals surface area contributed by atoms with Gasteiger partial charge in [-0.1, -0.05) is 12.1 Å². The Morgan fingerprint density at radius 1 is 1.39 bits per heavy atom. The molecular formula is C14H18N4. The lowest BCUT2D eigenvalue weighted by Crippen LogP contribution is -2.31. The zero-order chi connectivity index (χ0) is 12.5. The third kappa shape index (κ3) is 1.99. The lowest BCUT2D eigenvalue weighted by Gasteiger charge is -2.29. The van der Waals surface area contributed by atoms with Crippen LogP contribution in [-0.4, -0.2) is 21.0 Å². The fourth-order valence-electron chi connectivity index (χ4n) is 2.58. The molecule has 2 N–H and O–H groups in total. The second-order valence-corrected chi connectivity index (χ2v) is 4.90. The van der Waals surface area contributed by atoms with Gasteiger partial charge in [0.25, 0.3) is 0 Å². The minimum Gasteiger partial charge on any atom is -0.398 e. The van der Waals surface area contributed by atoms with E-state index in [1.807, 2.05) is 31.6 Å². The molecule has 3 rings (SSSR count). The van der Waals surface area contributed by atoms with Crippen LogP contribution in [0.15, 0.2) is 30.6 Å². The average Bonchev–Trinajstić information content (AvgIpc) is 2.75. The van der Waals surface area contributed by atoms with Crippen molar-refractivity contribution < 1.29 is 0 Å². The minimum absolute atomic E-state index is 0.901. The van der Waals surface area contributed by atoms with Crippen LogP contribution < -0.4 is 5.73 Å². The van der Waals surface area contributed by atoms with Gasteiger partial charge in [0.1, 0.15) is 5.82 Å². The Morgan fingerprint density at radius 3 is 3.06 bits per heavy atom. The molecule has 0 atom stereocenters. The Kier molecular flexibility index (Phi) is 2.80. The third-order valence-corrected chi connectivity index (χ3v) is 3.67. The Balaban J connectivity index is 1.77. The normalized spacial score (nSPS) is 15.6. The molecule has 0 saturated heterocycles. The number of anilines is 1. The number of aryl methyl sites for hydroxylation is 1. The first-order chi connectivity index (χ1) is 8.74. The fraction of sp³-hybridized carbons (Fsp3) is 0.357. The quantitative estimate of drug-likeness (QED) is 0.813. The van der Waals surface area contributed by atoms with E-state index in [9.17, 15) is 0 Å². The molecular weight excluding hydrogens is 224 g/mol. The SMILES string of the molecule is Cn1ccnc1CN1CCc2c(N)cccc2C1. The van der Waals surface area contributed by atoms with Crippen molar-refractivity contribution in [1.29, 1.82) is 0 Å². The molecule has 94 valence electrons. The van der Waals surface area contributed by atoms with Crippen LogP contribution in [0.4, 0.5) is 5.69 Å². The number of aromatic nitrogens is 2. The van der Waals surface area contributed by atoms with Gasteiger partial charge in [-0.25, -0.2) is 4.98 Å². The van der Waals surface area contributed by atoms with Gasteiger partial charge in [0.15, 0.2) is 0 Å². The van der Waals surface area contributed by atoms with Crippen LogP contribution in [0.3, 0.4) is 0 Å². The summed E-state index contributed by atoms with van der Waals surface area (Å²) >= 11 is 0. The Hall–Kier alpha value is -1.81. The summed E-state index contributed by atoms with van der Waals surface area (Å²) in [5.41, 5.74) is 9.63. The van der Waals surface area contributed by atoms with E-state index in [2.05, 4.69) is 20.5 Å². The van der Waals surface area contributed by atoms with Crippen molar-refractivity contribution in [2.24, 2.45) is 7.05 Å². The highest BCUT2D eigenvalue weighted by Gasteiger charge is 2.18. The molecule has 0 spiro atoms. The summed E-state index contributed by atoms with van der Waals surface area (Å²) in [5, 5.41) is 0. The summed E-state index contributed by atoms with van der Waals surface area (Å²) in [6, 6.07) is 6.21. The van der Waals surface area contributed by atoms with E-state index in [0.717, 1.165) is 37.6 Å². The van der Waals surface area contributed by atoms with Crippen molar-refractivity contribution in [3.8, 4) is 0 Å². The van der Waals surface area contributed by atoms with E-state index in [4.69, 9.17) is 5.73 Å². The highest BCUT2D eigenvalue weighted by molar-refractivity contribution is 5.51. The molecule has 0 unspecified atom stereocenters. The highest BCUT2D eigenvalue weighted by atomic mass is 15.2. The predicted molar refractivity (Wildman–Crippen MR) is 71.9 cm³/mol. The first-order valence-corrected chi connectivity index (χ1v) is 6.29. The van der Waals surface area contributed by atoms with Gasteiger partial charge in [0.2, 0.25) is 0 Å². The van der Waals surface area contributed by atoms with Gasteiger partial charge in [-0.2, -0.15) is 0 Å². The molecule has 18 heavy (non-hydrogen) atoms. The first kappa shape index (κ1) is 11.3. The number of imidazole rings is 1. The van der Waals surface area contributed by atoms with E-state index in [1.165, 1.54) is 11.1 Å². The second kappa shape index (κ2) is 4.46. The minimum atomic E-state index is 0.901. The van der Waals surface area contributed by atoms with Crippen LogP contribution in [-0.2, 0) is 26.6 Å². The van der Waals surface area contributed by atoms with E-state index in [1.54, 1.807) is 0 Å². The van der Waals surface area contributed by atoms with Gasteiger partial charge in [-0.15, -0.1) is 0 Å². The maximum absolute atomic E-state index is 6.01. The first-order valence-electron chi connectivity index (χ1n) is 6.29. The number of hydrogen-bond acceptors (Lipinski definition) is 3. The van der Waals surface area contributed by atoms with Crippen LogP contribution in [0.2, 0.25) is 0 Å². The summed E-state index contributed by atoms with van der Waals surface area (Å²) in [5.74, 6) is 1.11. The predicted octanol–water partition coefficient (Wildman–Crippen LogP) is 1.56. The Morgan fingerprint density at radius 2 is 2.28 bits per heavy atom. The van der Waals surface area contributed by atoms with Gasteiger partial charge >= 0.3 is 0 Å². The number of nitrogens with two attached hydrogens (primary N) is 1. The number of fused-ring (bicyclic) bond motifs is 1. The van der Waals surface area contributed by atoms with Crippen molar-refractivity contribution in [3.05, 3.63) is 47.5 Å². The van der Waals surface area contributed by atoms with Crippen molar-refractivity contribution in [2.45, 2.75) is 19.5 Å². The summed E-state index contributed by atoms with van der Waals surface area (Å²) in [6.45, 7) is 2.92. The molecule has 4 nitrogen and oxygen atoms in total. The van der Waals surface area contributed by atoms with Crippen molar-refractivity contribution >= 4 is 5.69 Å². The summed E-state index contributed by atoms with van der Waals surface area (Å²) in [7, 11) is 2.04. The van der Waals surface area contributed by atoms with Crippen LogP contribution >= 0.6 is 0 Å². The molecule has 0 radical (unpaired) electrons. The van der Waals surface area contributed by atoms with Crippen molar-refractivity contribution in [3.63, 3.8) is 0 Å². The van der Waals surface area contributed by atoms with E-state index in [0.29, 0.717) is 0 Å². The monoisotopic (exact) mass is 242 g/mol. The zero-order valence-corrected chi connectivity index (χ0v) is 10.6. The van der Waals surface area contributed by atoms with Crippen LogP contribution in [0.1, 0.15) is 17.0 Å². The molecule has 4 heteroatoms. The molecule has 0 amide bonds. The maximum Gasteiger partial charge on any atom is 0.122 e. The summed E-state index contributed by atoms with van der Waals surface area (Å²) in [4.78, 5) is 6.80. The number of benzene rings is 1. The molecule has 0 saturated carbocycles. The third-order valence-electron chi connectivity index (χ3n) is 3.67. The topological polar surface area (TPSA) is 47.1 Å². The second-order valence-electron chi connectivity index (χ2n) is 4.90. The fourth-order valence-corrected chi connectivity index (χ4v) is 2.58. The molecule has 1 aromatic heterocycles. The van der Waals surface area contributed by atoms with Gasteiger partial charge in [0.05, 0.1) is 6.54 Å². The number of hydrogen-bond donors (Lipinski definition) is 1. The van der Waals surface area contributed by atoms with Crippen LogP contribution in [0.5, 0.6) is 0 Å². The lowest BCUT2D eigenvalue weighted by atomic mass is 9.98. The molecule has 0 bridgehead atoms. The largest absolute Gasteiger partial charge is 0.398 e. The van der Waals surface area contributed by atoms with Crippen LogP contribution in [0.25, 0.3) is 0 Å². The molecule has 1 aliphatic rings. The lowest BCUT2D eigenvalue weighted by molar-refractivity contribution is 0.237. The zero-order valence-electron chi connectivity index (χ0n) is 10.6. The Bertz CT molecular complexity index is 559. The summed E-state index contributed by atoms with van der Waals surface area (Å²) in [6.07, 6.45) is 4.88. The van der Waals surface area contributed by atoms with Gasteiger partial charge in [0, 0.05) is 38.2 Å². The smallest absolute Gasteiger partial charge is 0.122 e. The highest BCUT2D eigenvalue weighted by Crippen LogP contribution is 2.24. The number of nitrogen functional groups attached to an aromatic ring is 1. The summed E-state index contributed by atoms with van der Waals surface area (Å²) < 4.78 is 2.08. The van der Waals surface area contributed by atoms with E-state index >= 15 is 0 Å². The van der Waals surface area contributed by atoms with Gasteiger partial charge < -0.3 is 10.3 Å². The van der Waals surface area contributed by atoms with Crippen LogP contribution in [0, 0.1) is 0 Å². The molecule has 1 aliphatic heterocycles. The molecule has 0 aliphatic carbocycles. The van der Waals surface area contributed by atoms with E-state index < -0.39 is 0 Å². The van der Waals surface area contributed by atoms with Gasteiger partial charge in [-0.3, -0.25) is 4.90 Å². The maximum atomic E-state index is 6.01. The number of nitrogens with zero attached hydrogens (tertiary/aromatic N) is 3. The van der Waals surface area contributed by atoms with E-state index in [-0.39, 0.29) is 0 Å². The molecule has 0 fully saturated rings. The van der Waals surface area contributed by atoms with Crippen molar-refractivity contribution in [1.82, 2.24) is 14.5 Å². The van der Waals surface area contributed by atoms with Gasteiger partial charge in [-0.05, 0) is 23.6 Å². The molecule has 2 heterocycles. The average molecular weight is 242 g/mol. The number of rotatable bonds is 2. The standard InChI is InChI=1S/C14H18N4/c1-17-8-6-16-14(17)10-18-7-5-12-11(9-18)3-2-4-13(12)15/h2-4,6,8H,5,7,9-10,15H2,1H3. The molecule has 2 aromatic rings. The van der Waals surface area contributed by atoms with Crippen molar-refractivity contribution in [2.75, 3.05) is 12.3 Å². The molecule has 1 aromatic carbocycles. The Labute approximate surface area is 107 Å².